The van der Waals surface area contributed by atoms with E-state index in [1.807, 2.05) is 13.0 Å². The first kappa shape index (κ1) is 14.3. The van der Waals surface area contributed by atoms with Crippen molar-refractivity contribution < 1.29 is 9.59 Å². The molecule has 1 aliphatic heterocycles. The van der Waals surface area contributed by atoms with E-state index in [9.17, 15) is 9.59 Å². The van der Waals surface area contributed by atoms with Gasteiger partial charge in [-0.2, -0.15) is 0 Å². The average molecular weight is 276 g/mol. The molecule has 1 aromatic rings. The third-order valence-corrected chi connectivity index (χ3v) is 3.64. The fraction of sp³-hybridized carbons (Fsp3) is 0.500. The van der Waals surface area contributed by atoms with Crippen molar-refractivity contribution in [3.8, 4) is 0 Å². The van der Waals surface area contributed by atoms with E-state index >= 15 is 0 Å². The second-order valence-corrected chi connectivity index (χ2v) is 5.39. The van der Waals surface area contributed by atoms with Crippen LogP contribution in [0.1, 0.15) is 29.9 Å². The molecule has 0 aliphatic carbocycles. The summed E-state index contributed by atoms with van der Waals surface area (Å²) in [6, 6.07) is 1.82. The van der Waals surface area contributed by atoms with Crippen molar-refractivity contribution in [2.75, 3.05) is 25.5 Å². The first-order valence-electron chi connectivity index (χ1n) is 6.62. The van der Waals surface area contributed by atoms with Crippen LogP contribution in [0, 0.1) is 6.92 Å². The van der Waals surface area contributed by atoms with E-state index in [0.717, 1.165) is 11.4 Å². The number of nitrogens with zero attached hydrogens (tertiary/aromatic N) is 2. The van der Waals surface area contributed by atoms with Gasteiger partial charge in [0.1, 0.15) is 5.54 Å². The Bertz CT molecular complexity index is 554. The number of anilines is 1. The zero-order valence-electron chi connectivity index (χ0n) is 12.3. The zero-order chi connectivity index (χ0) is 14.9. The number of hydrogen-bond acceptors (Lipinski definition) is 4. The van der Waals surface area contributed by atoms with Crippen molar-refractivity contribution in [2.45, 2.75) is 26.3 Å². The SMILES string of the molecule is CNc1cc(C)ncc1C(=O)N1CCNC(=O)C1(C)C. The lowest BCUT2D eigenvalue weighted by atomic mass is 9.97. The predicted molar refractivity (Wildman–Crippen MR) is 76.6 cm³/mol. The summed E-state index contributed by atoms with van der Waals surface area (Å²) in [6.45, 7) is 6.34. The molecule has 0 atom stereocenters. The zero-order valence-corrected chi connectivity index (χ0v) is 12.3. The van der Waals surface area contributed by atoms with E-state index in [0.29, 0.717) is 18.7 Å². The highest BCUT2D eigenvalue weighted by Gasteiger charge is 2.41. The summed E-state index contributed by atoms with van der Waals surface area (Å²) >= 11 is 0. The summed E-state index contributed by atoms with van der Waals surface area (Å²) in [5.74, 6) is -0.315. The van der Waals surface area contributed by atoms with Gasteiger partial charge in [0.15, 0.2) is 0 Å². The molecule has 2 heterocycles. The highest BCUT2D eigenvalue weighted by molar-refractivity contribution is 6.03. The van der Waals surface area contributed by atoms with Gasteiger partial charge in [-0.25, -0.2) is 0 Å². The maximum Gasteiger partial charge on any atom is 0.258 e. The van der Waals surface area contributed by atoms with Crippen molar-refractivity contribution in [3.63, 3.8) is 0 Å². The van der Waals surface area contributed by atoms with Gasteiger partial charge >= 0.3 is 0 Å². The Balaban J connectivity index is 2.38. The number of hydrogen-bond donors (Lipinski definition) is 2. The summed E-state index contributed by atoms with van der Waals surface area (Å²) in [6.07, 6.45) is 1.56. The minimum absolute atomic E-state index is 0.136. The van der Waals surface area contributed by atoms with Crippen LogP contribution in [0.4, 0.5) is 5.69 Å². The van der Waals surface area contributed by atoms with Crippen molar-refractivity contribution in [2.24, 2.45) is 0 Å². The lowest BCUT2D eigenvalue weighted by Gasteiger charge is -2.41. The summed E-state index contributed by atoms with van der Waals surface area (Å²) < 4.78 is 0. The molecule has 108 valence electrons. The number of aromatic nitrogens is 1. The van der Waals surface area contributed by atoms with E-state index in [4.69, 9.17) is 0 Å². The van der Waals surface area contributed by atoms with Crippen LogP contribution in [0.5, 0.6) is 0 Å². The topological polar surface area (TPSA) is 74.3 Å². The van der Waals surface area contributed by atoms with Crippen molar-refractivity contribution in [1.82, 2.24) is 15.2 Å². The Morgan fingerprint density at radius 2 is 2.20 bits per heavy atom. The number of nitrogens with one attached hydrogen (secondary N) is 2. The van der Waals surface area contributed by atoms with Gasteiger partial charge in [-0.15, -0.1) is 0 Å². The van der Waals surface area contributed by atoms with E-state index in [-0.39, 0.29) is 11.8 Å². The van der Waals surface area contributed by atoms with Gasteiger partial charge in [-0.3, -0.25) is 14.6 Å². The molecular weight excluding hydrogens is 256 g/mol. The third-order valence-electron chi connectivity index (χ3n) is 3.64. The minimum Gasteiger partial charge on any atom is -0.387 e. The molecule has 2 N–H and O–H groups in total. The lowest BCUT2D eigenvalue weighted by molar-refractivity contribution is -0.133. The summed E-state index contributed by atoms with van der Waals surface area (Å²) in [7, 11) is 1.76. The van der Waals surface area contributed by atoms with Crippen LogP contribution < -0.4 is 10.6 Å². The first-order valence-corrected chi connectivity index (χ1v) is 6.62. The van der Waals surface area contributed by atoms with E-state index in [1.54, 1.807) is 32.0 Å². The smallest absolute Gasteiger partial charge is 0.258 e. The van der Waals surface area contributed by atoms with E-state index < -0.39 is 5.54 Å². The number of piperazine rings is 1. The molecule has 1 saturated heterocycles. The van der Waals surface area contributed by atoms with Gasteiger partial charge in [0.05, 0.1) is 11.3 Å². The van der Waals surface area contributed by atoms with Crippen molar-refractivity contribution in [3.05, 3.63) is 23.5 Å². The summed E-state index contributed by atoms with van der Waals surface area (Å²) in [4.78, 5) is 30.4. The van der Waals surface area contributed by atoms with E-state index in [2.05, 4.69) is 15.6 Å². The highest BCUT2D eigenvalue weighted by Crippen LogP contribution is 2.24. The second-order valence-electron chi connectivity index (χ2n) is 5.39. The van der Waals surface area contributed by atoms with Crippen LogP contribution in [0.3, 0.4) is 0 Å². The molecule has 1 fully saturated rings. The number of pyridine rings is 1. The van der Waals surface area contributed by atoms with Gasteiger partial charge in [0, 0.05) is 32.0 Å². The van der Waals surface area contributed by atoms with Crippen LogP contribution in [-0.4, -0.2) is 47.4 Å². The fourth-order valence-corrected chi connectivity index (χ4v) is 2.34. The van der Waals surface area contributed by atoms with Crippen molar-refractivity contribution in [1.29, 1.82) is 0 Å². The van der Waals surface area contributed by atoms with Crippen LogP contribution in [0.15, 0.2) is 12.3 Å². The molecule has 6 nitrogen and oxygen atoms in total. The number of aryl methyl sites for hydroxylation is 1. The maximum atomic E-state index is 12.7. The number of amides is 2. The van der Waals surface area contributed by atoms with Crippen LogP contribution >= 0.6 is 0 Å². The summed E-state index contributed by atoms with van der Waals surface area (Å²) in [5.41, 5.74) is 1.19. The molecule has 0 radical (unpaired) electrons. The Morgan fingerprint density at radius 3 is 2.85 bits per heavy atom. The molecule has 20 heavy (non-hydrogen) atoms. The average Bonchev–Trinajstić information content (AvgIpc) is 2.41. The van der Waals surface area contributed by atoms with Crippen LogP contribution in [0.2, 0.25) is 0 Å². The highest BCUT2D eigenvalue weighted by atomic mass is 16.2. The molecule has 1 aliphatic rings. The number of rotatable bonds is 2. The molecule has 0 saturated carbocycles. The Hall–Kier alpha value is -2.11. The molecular formula is C14H20N4O2. The van der Waals surface area contributed by atoms with Gasteiger partial charge in [-0.1, -0.05) is 0 Å². The molecule has 2 amide bonds. The molecule has 0 bridgehead atoms. The maximum absolute atomic E-state index is 12.7. The van der Waals surface area contributed by atoms with E-state index in [1.165, 1.54) is 0 Å². The Kier molecular flexibility index (Phi) is 3.65. The molecule has 0 aromatic carbocycles. The lowest BCUT2D eigenvalue weighted by Crippen LogP contribution is -2.63. The van der Waals surface area contributed by atoms with Crippen molar-refractivity contribution >= 4 is 17.5 Å². The second kappa shape index (κ2) is 5.11. The van der Waals surface area contributed by atoms with Gasteiger partial charge in [0.25, 0.3) is 5.91 Å². The Morgan fingerprint density at radius 1 is 1.50 bits per heavy atom. The number of carbonyl (C=O) groups is 2. The van der Waals surface area contributed by atoms with Crippen LogP contribution in [-0.2, 0) is 4.79 Å². The molecule has 1 aromatic heterocycles. The van der Waals surface area contributed by atoms with Gasteiger partial charge in [-0.05, 0) is 26.8 Å². The largest absolute Gasteiger partial charge is 0.387 e. The quantitative estimate of drug-likeness (QED) is 0.837. The normalized spacial score (nSPS) is 17.6. The molecule has 2 rings (SSSR count). The molecule has 6 heteroatoms. The predicted octanol–water partition coefficient (Wildman–Crippen LogP) is 0.782. The number of carbonyl (C=O) groups excluding carboxylic acids is 2. The molecule has 0 unspecified atom stereocenters. The molecule has 0 spiro atoms. The standard InChI is InChI=1S/C14H20N4O2/c1-9-7-11(15-4)10(8-17-9)12(19)18-6-5-16-13(20)14(18,2)3/h7-8H,5-6H2,1-4H3,(H,15,17)(H,16,20). The van der Waals surface area contributed by atoms with Gasteiger partial charge < -0.3 is 15.5 Å². The summed E-state index contributed by atoms with van der Waals surface area (Å²) in [5, 5.41) is 5.79. The monoisotopic (exact) mass is 276 g/mol. The first-order chi connectivity index (χ1) is 9.37. The Labute approximate surface area is 118 Å². The van der Waals surface area contributed by atoms with Gasteiger partial charge in [0.2, 0.25) is 5.91 Å². The third kappa shape index (κ3) is 2.33. The minimum atomic E-state index is -0.856. The fourth-order valence-electron chi connectivity index (χ4n) is 2.34. The van der Waals surface area contributed by atoms with Crippen LogP contribution in [0.25, 0.3) is 0 Å².